The molecule has 1 saturated carbocycles. The minimum absolute atomic E-state index is 0.0142. The van der Waals surface area contributed by atoms with E-state index in [1.807, 2.05) is 25.2 Å². The monoisotopic (exact) mass is 493 g/mol. The largest absolute Gasteiger partial charge is 0.481 e. The second kappa shape index (κ2) is 10.6. The molecular formula is C25H31N7O4. The number of nitrogens with zero attached hydrogens (tertiary/aromatic N) is 7. The normalized spacial score (nSPS) is 18.2. The molecule has 0 bridgehead atoms. The van der Waals surface area contributed by atoms with Crippen LogP contribution in [-0.4, -0.2) is 66.8 Å². The molecule has 11 nitrogen and oxygen atoms in total. The van der Waals surface area contributed by atoms with Gasteiger partial charge in [0.2, 0.25) is 0 Å². The Kier molecular flexibility index (Phi) is 7.08. The van der Waals surface area contributed by atoms with Crippen LogP contribution in [0, 0.1) is 0 Å². The van der Waals surface area contributed by atoms with Gasteiger partial charge in [0, 0.05) is 32.3 Å². The molecule has 4 heterocycles. The van der Waals surface area contributed by atoms with Crippen molar-refractivity contribution in [3.8, 4) is 17.4 Å². The molecule has 2 fully saturated rings. The molecule has 0 aromatic carbocycles. The maximum Gasteiger partial charge on any atom is 0.316 e. The highest BCUT2D eigenvalue weighted by Gasteiger charge is 2.26. The van der Waals surface area contributed by atoms with Crippen LogP contribution in [0.5, 0.6) is 6.01 Å². The summed E-state index contributed by atoms with van der Waals surface area (Å²) in [4.78, 5) is 27.1. The number of aryl methyl sites for hydroxylation is 2. The van der Waals surface area contributed by atoms with Crippen LogP contribution in [0.3, 0.4) is 0 Å². The summed E-state index contributed by atoms with van der Waals surface area (Å²) in [6.45, 7) is 3.97. The number of aromatic nitrogens is 6. The van der Waals surface area contributed by atoms with Crippen LogP contribution in [0.1, 0.15) is 55.6 Å². The number of carboxylic acid groups (broad SMARTS) is 1. The Hall–Kier alpha value is -3.60. The molecule has 1 N–H and O–H groups in total. The second-order valence-electron chi connectivity index (χ2n) is 9.24. The van der Waals surface area contributed by atoms with E-state index in [0.717, 1.165) is 29.2 Å². The van der Waals surface area contributed by atoms with Gasteiger partial charge in [0.1, 0.15) is 18.0 Å². The number of carbonyl (C=O) groups is 1. The molecule has 11 heteroatoms. The first-order chi connectivity index (χ1) is 17.5. The Bertz CT molecular complexity index is 1230. The van der Waals surface area contributed by atoms with Crippen LogP contribution in [0.25, 0.3) is 11.4 Å². The van der Waals surface area contributed by atoms with E-state index in [-0.39, 0.29) is 19.1 Å². The van der Waals surface area contributed by atoms with Crippen LogP contribution >= 0.6 is 0 Å². The number of anilines is 1. The van der Waals surface area contributed by atoms with Gasteiger partial charge in [0.05, 0.1) is 41.9 Å². The maximum absolute atomic E-state index is 11.1. The van der Waals surface area contributed by atoms with Crippen molar-refractivity contribution in [1.82, 2.24) is 29.9 Å². The molecule has 3 aromatic rings. The van der Waals surface area contributed by atoms with Gasteiger partial charge >= 0.3 is 12.0 Å². The van der Waals surface area contributed by atoms with Gasteiger partial charge in [0.15, 0.2) is 0 Å². The molecule has 1 saturated heterocycles. The van der Waals surface area contributed by atoms with Gasteiger partial charge in [0.25, 0.3) is 0 Å². The fourth-order valence-corrected chi connectivity index (χ4v) is 4.66. The fraction of sp³-hybridized carbons (Fsp3) is 0.520. The maximum atomic E-state index is 11.1. The van der Waals surface area contributed by atoms with E-state index in [0.29, 0.717) is 43.0 Å². The van der Waals surface area contributed by atoms with Gasteiger partial charge in [-0.3, -0.25) is 4.79 Å². The van der Waals surface area contributed by atoms with E-state index < -0.39 is 5.97 Å². The lowest BCUT2D eigenvalue weighted by molar-refractivity contribution is -0.140. The zero-order valence-corrected chi connectivity index (χ0v) is 20.6. The minimum atomic E-state index is -0.858. The van der Waals surface area contributed by atoms with Gasteiger partial charge in [-0.15, -0.1) is 5.10 Å². The number of pyridine rings is 1. The molecule has 5 rings (SSSR count). The van der Waals surface area contributed by atoms with Gasteiger partial charge < -0.3 is 19.5 Å². The van der Waals surface area contributed by atoms with E-state index in [4.69, 9.17) is 19.6 Å². The SMILES string of the molecule is CCc1nc(-c2nnn(C)c2COc2nccc(C3CCC3)n2)ccc1N1CCOC(CC(=O)O)C1. The first-order valence-electron chi connectivity index (χ1n) is 12.4. The van der Waals surface area contributed by atoms with Crippen molar-refractivity contribution in [2.24, 2.45) is 7.05 Å². The highest BCUT2D eigenvalue weighted by molar-refractivity contribution is 5.68. The van der Waals surface area contributed by atoms with Gasteiger partial charge in [-0.2, -0.15) is 4.98 Å². The first-order valence-corrected chi connectivity index (χ1v) is 12.4. The molecular weight excluding hydrogens is 462 g/mol. The van der Waals surface area contributed by atoms with Crippen molar-refractivity contribution in [2.75, 3.05) is 24.6 Å². The Labute approximate surface area is 209 Å². The number of rotatable bonds is 9. The highest BCUT2D eigenvalue weighted by atomic mass is 16.5. The average Bonchev–Trinajstić information content (AvgIpc) is 3.21. The third kappa shape index (κ3) is 5.15. The lowest BCUT2D eigenvalue weighted by Gasteiger charge is -2.34. The highest BCUT2D eigenvalue weighted by Crippen LogP contribution is 2.35. The van der Waals surface area contributed by atoms with E-state index in [2.05, 4.69) is 32.1 Å². The first kappa shape index (κ1) is 24.1. The number of carboxylic acids is 1. The molecule has 0 amide bonds. The molecule has 1 aliphatic carbocycles. The summed E-state index contributed by atoms with van der Waals surface area (Å²) in [7, 11) is 1.83. The zero-order chi connectivity index (χ0) is 25.1. The van der Waals surface area contributed by atoms with Crippen LogP contribution in [-0.2, 0) is 29.6 Å². The summed E-state index contributed by atoms with van der Waals surface area (Å²) in [6.07, 6.45) is 5.69. The number of hydrogen-bond donors (Lipinski definition) is 1. The van der Waals surface area contributed by atoms with Crippen molar-refractivity contribution in [2.45, 2.75) is 57.7 Å². The fourth-order valence-electron chi connectivity index (χ4n) is 4.66. The number of morpholine rings is 1. The molecule has 1 atom stereocenters. The minimum Gasteiger partial charge on any atom is -0.481 e. The summed E-state index contributed by atoms with van der Waals surface area (Å²) in [5, 5.41) is 17.7. The molecule has 1 aliphatic heterocycles. The third-order valence-corrected chi connectivity index (χ3v) is 6.87. The van der Waals surface area contributed by atoms with E-state index in [1.165, 1.54) is 19.3 Å². The van der Waals surface area contributed by atoms with Gasteiger partial charge in [-0.05, 0) is 37.5 Å². The number of ether oxygens (including phenoxy) is 2. The molecule has 1 unspecified atom stereocenters. The van der Waals surface area contributed by atoms with Crippen LogP contribution in [0.15, 0.2) is 24.4 Å². The summed E-state index contributed by atoms with van der Waals surface area (Å²) in [5.41, 5.74) is 5.08. The smallest absolute Gasteiger partial charge is 0.316 e. The Morgan fingerprint density at radius 3 is 2.86 bits per heavy atom. The Morgan fingerprint density at radius 1 is 1.25 bits per heavy atom. The topological polar surface area (TPSA) is 128 Å². The molecule has 3 aromatic heterocycles. The number of hydrogen-bond acceptors (Lipinski definition) is 9. The Morgan fingerprint density at radius 2 is 2.11 bits per heavy atom. The van der Waals surface area contributed by atoms with E-state index in [1.54, 1.807) is 10.9 Å². The standard InChI is InChI=1S/C25H31N7O4/c1-3-18-21(32-11-12-35-17(14-32)13-23(33)34)8-7-20(27-18)24-22(31(2)30-29-24)15-36-25-26-10-9-19(28-25)16-5-4-6-16/h7-10,16-17H,3-6,11-15H2,1-2H3,(H,33,34). The van der Waals surface area contributed by atoms with Crippen LogP contribution in [0.4, 0.5) is 5.69 Å². The third-order valence-electron chi connectivity index (χ3n) is 6.87. The van der Waals surface area contributed by atoms with Gasteiger partial charge in [-0.25, -0.2) is 14.6 Å². The zero-order valence-electron chi connectivity index (χ0n) is 20.6. The van der Waals surface area contributed by atoms with Gasteiger partial charge in [-0.1, -0.05) is 18.6 Å². The molecule has 190 valence electrons. The number of aliphatic carboxylic acids is 1. The van der Waals surface area contributed by atoms with Crippen LogP contribution < -0.4 is 9.64 Å². The summed E-state index contributed by atoms with van der Waals surface area (Å²) < 4.78 is 13.3. The van der Waals surface area contributed by atoms with Crippen molar-refractivity contribution in [3.05, 3.63) is 41.5 Å². The summed E-state index contributed by atoms with van der Waals surface area (Å²) in [5.74, 6) is -0.353. The Balaban J connectivity index is 1.34. The van der Waals surface area contributed by atoms with Crippen molar-refractivity contribution in [3.63, 3.8) is 0 Å². The van der Waals surface area contributed by atoms with E-state index in [9.17, 15) is 4.79 Å². The lowest BCUT2D eigenvalue weighted by Crippen LogP contribution is -2.43. The average molecular weight is 494 g/mol. The molecule has 2 aliphatic rings. The predicted octanol–water partition coefficient (Wildman–Crippen LogP) is 2.76. The molecule has 36 heavy (non-hydrogen) atoms. The van der Waals surface area contributed by atoms with Crippen LogP contribution in [0.2, 0.25) is 0 Å². The predicted molar refractivity (Wildman–Crippen MR) is 131 cm³/mol. The van der Waals surface area contributed by atoms with Crippen molar-refractivity contribution < 1.29 is 19.4 Å². The van der Waals surface area contributed by atoms with Crippen molar-refractivity contribution >= 4 is 11.7 Å². The quantitative estimate of drug-likeness (QED) is 0.475. The second-order valence-corrected chi connectivity index (χ2v) is 9.24. The van der Waals surface area contributed by atoms with Crippen molar-refractivity contribution in [1.29, 1.82) is 0 Å². The van der Waals surface area contributed by atoms with E-state index >= 15 is 0 Å². The molecule has 0 spiro atoms. The molecule has 0 radical (unpaired) electrons. The summed E-state index contributed by atoms with van der Waals surface area (Å²) >= 11 is 0. The lowest BCUT2D eigenvalue weighted by atomic mass is 9.83. The summed E-state index contributed by atoms with van der Waals surface area (Å²) in [6, 6.07) is 6.27.